The lowest BCUT2D eigenvalue weighted by Gasteiger charge is -2.37. The van der Waals surface area contributed by atoms with E-state index >= 15 is 0 Å². The highest BCUT2D eigenvalue weighted by Gasteiger charge is 2.50. The number of methoxy groups -OCH3 is 1. The van der Waals surface area contributed by atoms with Crippen LogP contribution in [-0.4, -0.2) is 74.8 Å². The molecule has 5 aliphatic rings. The second-order valence-corrected chi connectivity index (χ2v) is 13.6. The van der Waals surface area contributed by atoms with E-state index in [9.17, 15) is 18.0 Å². The number of allylic oxidation sites excluding steroid dienone is 4. The number of alkyl halides is 3. The van der Waals surface area contributed by atoms with Gasteiger partial charge in [-0.2, -0.15) is 13.2 Å². The second kappa shape index (κ2) is 13.5. The van der Waals surface area contributed by atoms with Crippen LogP contribution in [0.3, 0.4) is 0 Å². The first-order valence-electron chi connectivity index (χ1n) is 16.3. The van der Waals surface area contributed by atoms with Crippen LogP contribution >= 0.6 is 0 Å². The maximum absolute atomic E-state index is 14.3. The third-order valence-electron chi connectivity index (χ3n) is 11.1. The molecular formula is C33H50F3N3O3. The molecule has 9 heteroatoms. The van der Waals surface area contributed by atoms with Crippen LogP contribution in [-0.2, 0) is 14.3 Å². The molecule has 1 N–H and O–H groups in total. The number of amides is 1. The van der Waals surface area contributed by atoms with E-state index in [0.29, 0.717) is 60.8 Å². The molecule has 2 saturated carbocycles. The first kappa shape index (κ1) is 31.7. The van der Waals surface area contributed by atoms with Crippen molar-refractivity contribution in [2.24, 2.45) is 28.2 Å². The van der Waals surface area contributed by atoms with Gasteiger partial charge in [0.25, 0.3) is 0 Å². The zero-order valence-corrected chi connectivity index (χ0v) is 25.7. The van der Waals surface area contributed by atoms with Gasteiger partial charge in [-0.25, -0.2) is 0 Å². The van der Waals surface area contributed by atoms with Gasteiger partial charge in [-0.15, -0.1) is 0 Å². The molecule has 1 amide bonds. The molecule has 0 spiro atoms. The summed E-state index contributed by atoms with van der Waals surface area (Å²) in [5, 5.41) is 3.91. The van der Waals surface area contributed by atoms with Gasteiger partial charge in [-0.1, -0.05) is 12.5 Å². The fraction of sp³-hybridized carbons (Fsp3) is 0.818. The van der Waals surface area contributed by atoms with Gasteiger partial charge < -0.3 is 19.7 Å². The molecule has 3 aliphatic heterocycles. The predicted octanol–water partition coefficient (Wildman–Crippen LogP) is 6.61. The Labute approximate surface area is 249 Å². The smallest absolute Gasteiger partial charge is 0.384 e. The predicted molar refractivity (Wildman–Crippen MR) is 158 cm³/mol. The van der Waals surface area contributed by atoms with E-state index in [1.807, 2.05) is 6.08 Å². The molecule has 2 aliphatic carbocycles. The lowest BCUT2D eigenvalue weighted by molar-refractivity contribution is -0.143. The molecule has 7 unspecified atom stereocenters. The number of carbonyl (C=O) groups excluding carboxylic acids is 1. The number of nitrogens with one attached hydrogen (secondary N) is 1. The number of carbonyl (C=O) groups is 1. The summed E-state index contributed by atoms with van der Waals surface area (Å²) in [5.41, 5.74) is 0.485. The number of likely N-dealkylation sites (tertiary alicyclic amines) is 1. The zero-order chi connectivity index (χ0) is 29.9. The number of halogens is 3. The molecule has 2 bridgehead atoms. The minimum Gasteiger partial charge on any atom is -0.384 e. The van der Waals surface area contributed by atoms with Gasteiger partial charge in [-0.3, -0.25) is 9.79 Å². The maximum atomic E-state index is 14.3. The van der Waals surface area contributed by atoms with Crippen LogP contribution in [0.5, 0.6) is 0 Å². The number of ether oxygens (including phenoxy) is 2. The molecule has 3 heterocycles. The van der Waals surface area contributed by atoms with Crippen LogP contribution in [0.1, 0.15) is 90.9 Å². The molecule has 6 nitrogen and oxygen atoms in total. The average Bonchev–Trinajstić information content (AvgIpc) is 3.57. The minimum absolute atomic E-state index is 0.267. The Morgan fingerprint density at radius 2 is 2.00 bits per heavy atom. The minimum atomic E-state index is -4.41. The SMILES string of the molecule is CCC1(C(=O)N2CC3CCC(C4=CC=NC(C(F)(F)F)=C(C)CC4)CCC2C3)CCC(NC2CCOCC2COC)C1. The van der Waals surface area contributed by atoms with Gasteiger partial charge in [0.1, 0.15) is 5.70 Å². The van der Waals surface area contributed by atoms with Gasteiger partial charge in [0.05, 0.1) is 18.6 Å². The van der Waals surface area contributed by atoms with Crippen molar-refractivity contribution in [1.82, 2.24) is 10.2 Å². The molecule has 2 saturated heterocycles. The summed E-state index contributed by atoms with van der Waals surface area (Å²) in [4.78, 5) is 20.4. The second-order valence-electron chi connectivity index (χ2n) is 13.6. The van der Waals surface area contributed by atoms with Crippen molar-refractivity contribution in [3.63, 3.8) is 0 Å². The molecule has 0 aromatic carbocycles. The van der Waals surface area contributed by atoms with Gasteiger partial charge in [-0.05, 0) is 107 Å². The van der Waals surface area contributed by atoms with E-state index < -0.39 is 11.9 Å². The normalized spacial score (nSPS) is 36.3. The summed E-state index contributed by atoms with van der Waals surface area (Å²) in [5.74, 6) is 1.56. The van der Waals surface area contributed by atoms with E-state index in [1.54, 1.807) is 14.0 Å². The summed E-state index contributed by atoms with van der Waals surface area (Å²) in [7, 11) is 1.75. The van der Waals surface area contributed by atoms with Gasteiger partial charge in [0.15, 0.2) is 0 Å². The number of hydrogen-bond donors (Lipinski definition) is 1. The van der Waals surface area contributed by atoms with Crippen LogP contribution in [0, 0.1) is 23.2 Å². The molecule has 236 valence electrons. The monoisotopic (exact) mass is 593 g/mol. The van der Waals surface area contributed by atoms with Crippen LogP contribution in [0.15, 0.2) is 27.9 Å². The highest BCUT2D eigenvalue weighted by Crippen LogP contribution is 2.47. The third-order valence-corrected chi connectivity index (χ3v) is 11.1. The van der Waals surface area contributed by atoms with E-state index in [0.717, 1.165) is 84.0 Å². The fourth-order valence-corrected chi connectivity index (χ4v) is 8.53. The van der Waals surface area contributed by atoms with Crippen molar-refractivity contribution < 1.29 is 27.4 Å². The van der Waals surface area contributed by atoms with E-state index in [1.165, 1.54) is 11.8 Å². The Morgan fingerprint density at radius 3 is 2.76 bits per heavy atom. The lowest BCUT2D eigenvalue weighted by atomic mass is 9.79. The standard InChI is InChI=1S/C33H50F3N3O3/c1-4-32(14-11-27(18-32)38-29-13-16-42-21-26(29)20-41-3)31(40)39-19-23-6-8-24(9-10-28(39)17-23)25-7-5-22(2)30(33(34,35)36)37-15-12-25/h12,15,23-24,26-29,38H,4-11,13-14,16-21H2,1-3H3. The Hall–Kier alpha value is -1.71. The summed E-state index contributed by atoms with van der Waals surface area (Å²) >= 11 is 0. The first-order valence-corrected chi connectivity index (χ1v) is 16.3. The Kier molecular flexibility index (Phi) is 10.2. The summed E-state index contributed by atoms with van der Waals surface area (Å²) in [6.07, 6.45) is 9.65. The molecule has 0 aromatic rings. The quantitative estimate of drug-likeness (QED) is 0.361. The number of nitrogens with zero attached hydrogens (tertiary/aromatic N) is 2. The van der Waals surface area contributed by atoms with Crippen LogP contribution in [0.2, 0.25) is 0 Å². The molecule has 0 radical (unpaired) electrons. The average molecular weight is 594 g/mol. The van der Waals surface area contributed by atoms with Crippen molar-refractivity contribution in [3.8, 4) is 0 Å². The Balaban J connectivity index is 1.21. The first-order chi connectivity index (χ1) is 20.1. The summed E-state index contributed by atoms with van der Waals surface area (Å²) in [6.45, 7) is 6.77. The van der Waals surface area contributed by atoms with Crippen molar-refractivity contribution >= 4 is 12.1 Å². The van der Waals surface area contributed by atoms with E-state index in [2.05, 4.69) is 22.1 Å². The van der Waals surface area contributed by atoms with Crippen molar-refractivity contribution in [2.75, 3.05) is 33.5 Å². The van der Waals surface area contributed by atoms with Crippen LogP contribution in [0.4, 0.5) is 13.2 Å². The molecule has 42 heavy (non-hydrogen) atoms. The van der Waals surface area contributed by atoms with Crippen LogP contribution in [0.25, 0.3) is 0 Å². The fourth-order valence-electron chi connectivity index (χ4n) is 8.53. The van der Waals surface area contributed by atoms with Gasteiger partial charge >= 0.3 is 6.18 Å². The number of aliphatic imine (C=N–C) groups is 1. The lowest BCUT2D eigenvalue weighted by Crippen LogP contribution is -2.49. The maximum Gasteiger partial charge on any atom is 0.433 e. The molecule has 7 atom stereocenters. The van der Waals surface area contributed by atoms with E-state index in [-0.39, 0.29) is 11.5 Å². The highest BCUT2D eigenvalue weighted by atomic mass is 19.4. The molecular weight excluding hydrogens is 543 g/mol. The number of hydrogen-bond acceptors (Lipinski definition) is 5. The van der Waals surface area contributed by atoms with Gasteiger partial charge in [0.2, 0.25) is 5.91 Å². The zero-order valence-electron chi connectivity index (χ0n) is 25.7. The summed E-state index contributed by atoms with van der Waals surface area (Å²) in [6, 6.07) is 0.980. The van der Waals surface area contributed by atoms with Gasteiger partial charge in [0, 0.05) is 50.5 Å². The van der Waals surface area contributed by atoms with Crippen molar-refractivity contribution in [2.45, 2.75) is 115 Å². The van der Waals surface area contributed by atoms with Crippen LogP contribution < -0.4 is 5.32 Å². The summed E-state index contributed by atoms with van der Waals surface area (Å²) < 4.78 is 51.2. The Morgan fingerprint density at radius 1 is 1.19 bits per heavy atom. The Bertz CT molecular complexity index is 1050. The third kappa shape index (κ3) is 6.99. The number of fused-ring (bicyclic) bond motifs is 2. The number of rotatable bonds is 7. The molecule has 5 rings (SSSR count). The van der Waals surface area contributed by atoms with Crippen molar-refractivity contribution in [1.29, 1.82) is 0 Å². The molecule has 4 fully saturated rings. The highest BCUT2D eigenvalue weighted by molar-refractivity contribution is 5.84. The van der Waals surface area contributed by atoms with Crippen molar-refractivity contribution in [3.05, 3.63) is 22.9 Å². The van der Waals surface area contributed by atoms with E-state index in [4.69, 9.17) is 9.47 Å². The molecule has 0 aromatic heterocycles. The topological polar surface area (TPSA) is 63.2 Å². The largest absolute Gasteiger partial charge is 0.433 e.